The Labute approximate surface area is 119 Å². The molecule has 1 aromatic rings. The van der Waals surface area contributed by atoms with Crippen LogP contribution in [0.15, 0.2) is 30.3 Å². The van der Waals surface area contributed by atoms with Gasteiger partial charge in [-0.05, 0) is 32.8 Å². The fourth-order valence-electron chi connectivity index (χ4n) is 1.69. The molecule has 3 N–H and O–H groups in total. The molecule has 0 spiro atoms. The third-order valence-corrected chi connectivity index (χ3v) is 2.56. The largest absolute Gasteiger partial charge is 0.444 e. The lowest BCUT2D eigenvalue weighted by atomic mass is 10.0. The van der Waals surface area contributed by atoms with Gasteiger partial charge in [-0.15, -0.1) is 0 Å². The molecule has 20 heavy (non-hydrogen) atoms. The average Bonchev–Trinajstić information content (AvgIpc) is 2.36. The summed E-state index contributed by atoms with van der Waals surface area (Å²) < 4.78 is 5.16. The molecule has 5 nitrogen and oxygen atoms in total. The zero-order valence-electron chi connectivity index (χ0n) is 12.2. The number of hydrogen-bond donors (Lipinski definition) is 2. The first-order valence-corrected chi connectivity index (χ1v) is 6.58. The number of amides is 1. The van der Waals surface area contributed by atoms with Crippen molar-refractivity contribution in [3.05, 3.63) is 35.9 Å². The Kier molecular flexibility index (Phi) is 5.70. The molecule has 0 aliphatic carbocycles. The second-order valence-electron chi connectivity index (χ2n) is 5.56. The lowest BCUT2D eigenvalue weighted by Crippen LogP contribution is -2.46. The fourth-order valence-corrected chi connectivity index (χ4v) is 1.69. The van der Waals surface area contributed by atoms with Crippen LogP contribution in [-0.2, 0) is 16.0 Å². The van der Waals surface area contributed by atoms with E-state index in [-0.39, 0.29) is 12.3 Å². The summed E-state index contributed by atoms with van der Waals surface area (Å²) in [6.45, 7) is 5.18. The maximum Gasteiger partial charge on any atom is 0.408 e. The van der Waals surface area contributed by atoms with Crippen LogP contribution < -0.4 is 11.1 Å². The molecule has 0 saturated heterocycles. The number of nitrogens with one attached hydrogen (secondary N) is 1. The van der Waals surface area contributed by atoms with E-state index < -0.39 is 17.7 Å². The molecule has 0 fully saturated rings. The van der Waals surface area contributed by atoms with Crippen LogP contribution >= 0.6 is 0 Å². The van der Waals surface area contributed by atoms with Crippen molar-refractivity contribution < 1.29 is 14.3 Å². The Hall–Kier alpha value is -1.88. The van der Waals surface area contributed by atoms with Crippen LogP contribution in [0.5, 0.6) is 0 Å². The minimum atomic E-state index is -0.669. The minimum Gasteiger partial charge on any atom is -0.444 e. The summed E-state index contributed by atoms with van der Waals surface area (Å²) in [6, 6.07) is 8.78. The lowest BCUT2D eigenvalue weighted by molar-refractivity contribution is -0.119. The third kappa shape index (κ3) is 5.84. The molecular weight excluding hydrogens is 256 g/mol. The van der Waals surface area contributed by atoms with E-state index in [2.05, 4.69) is 5.32 Å². The number of rotatable bonds is 5. The smallest absolute Gasteiger partial charge is 0.408 e. The minimum absolute atomic E-state index is 0.118. The molecule has 1 atom stereocenters. The predicted octanol–water partition coefficient (Wildman–Crippen LogP) is 1.65. The topological polar surface area (TPSA) is 81.4 Å². The molecule has 0 radical (unpaired) electrons. The Morgan fingerprint density at radius 3 is 2.35 bits per heavy atom. The molecule has 0 aromatic heterocycles. The highest BCUT2D eigenvalue weighted by Crippen LogP contribution is 2.08. The Morgan fingerprint density at radius 1 is 1.25 bits per heavy atom. The summed E-state index contributed by atoms with van der Waals surface area (Å²) in [7, 11) is 0. The van der Waals surface area contributed by atoms with Crippen molar-refractivity contribution in [1.29, 1.82) is 0 Å². The van der Waals surface area contributed by atoms with Gasteiger partial charge in [-0.25, -0.2) is 4.79 Å². The number of nitrogens with two attached hydrogens (primary N) is 1. The van der Waals surface area contributed by atoms with Crippen molar-refractivity contribution in [3.8, 4) is 0 Å². The highest BCUT2D eigenvalue weighted by molar-refractivity contribution is 5.89. The first-order chi connectivity index (χ1) is 9.31. The summed E-state index contributed by atoms with van der Waals surface area (Å²) >= 11 is 0. The molecule has 110 valence electrons. The van der Waals surface area contributed by atoms with Crippen molar-refractivity contribution in [3.63, 3.8) is 0 Å². The fraction of sp³-hybridized carbons (Fsp3) is 0.467. The van der Waals surface area contributed by atoms with Gasteiger partial charge in [0.2, 0.25) is 0 Å². The van der Waals surface area contributed by atoms with Gasteiger partial charge in [0.1, 0.15) is 5.60 Å². The SMILES string of the molecule is CC(C)(C)OC(=O)NC(Cc1ccccc1)C(=O)CN. The second-order valence-corrected chi connectivity index (χ2v) is 5.56. The Balaban J connectivity index is 2.70. The summed E-state index contributed by atoms with van der Waals surface area (Å²) in [4.78, 5) is 23.6. The van der Waals surface area contributed by atoms with Gasteiger partial charge in [-0.3, -0.25) is 4.79 Å². The van der Waals surface area contributed by atoms with Crippen LogP contribution in [-0.4, -0.2) is 30.1 Å². The van der Waals surface area contributed by atoms with Gasteiger partial charge >= 0.3 is 6.09 Å². The van der Waals surface area contributed by atoms with Crippen LogP contribution in [0.4, 0.5) is 4.79 Å². The standard InChI is InChI=1S/C15H22N2O3/c1-15(2,3)20-14(19)17-12(13(18)10-16)9-11-7-5-4-6-8-11/h4-8,12H,9-10,16H2,1-3H3,(H,17,19). The van der Waals surface area contributed by atoms with Crippen LogP contribution in [0.25, 0.3) is 0 Å². The summed E-state index contributed by atoms with van der Waals surface area (Å²) in [5.41, 5.74) is 5.74. The molecule has 1 amide bonds. The Bertz CT molecular complexity index is 452. The number of Topliss-reactive ketones (excluding diaryl/α,β-unsaturated/α-hetero) is 1. The third-order valence-electron chi connectivity index (χ3n) is 2.56. The summed E-state index contributed by atoms with van der Waals surface area (Å²) in [5.74, 6) is -0.222. The molecule has 1 unspecified atom stereocenters. The zero-order chi connectivity index (χ0) is 15.2. The van der Waals surface area contributed by atoms with E-state index >= 15 is 0 Å². The van der Waals surface area contributed by atoms with Gasteiger partial charge in [0.05, 0.1) is 12.6 Å². The molecule has 0 bridgehead atoms. The van der Waals surface area contributed by atoms with Gasteiger partial charge in [0, 0.05) is 0 Å². The number of alkyl carbamates (subject to hydrolysis) is 1. The van der Waals surface area contributed by atoms with Crippen molar-refractivity contribution >= 4 is 11.9 Å². The van der Waals surface area contributed by atoms with Gasteiger partial charge in [0.25, 0.3) is 0 Å². The molecule has 1 aromatic carbocycles. The lowest BCUT2D eigenvalue weighted by Gasteiger charge is -2.23. The van der Waals surface area contributed by atoms with E-state index in [1.165, 1.54) is 0 Å². The first kappa shape index (κ1) is 16.2. The maximum absolute atomic E-state index is 11.8. The van der Waals surface area contributed by atoms with Gasteiger partial charge < -0.3 is 15.8 Å². The van der Waals surface area contributed by atoms with Crippen LogP contribution in [0.3, 0.4) is 0 Å². The molecular formula is C15H22N2O3. The van der Waals surface area contributed by atoms with Crippen molar-refractivity contribution in [2.45, 2.75) is 38.8 Å². The monoisotopic (exact) mass is 278 g/mol. The Morgan fingerprint density at radius 2 is 1.85 bits per heavy atom. The second kappa shape index (κ2) is 7.05. The molecule has 0 heterocycles. The van der Waals surface area contributed by atoms with Crippen molar-refractivity contribution in [2.24, 2.45) is 5.73 Å². The number of ketones is 1. The molecule has 5 heteroatoms. The van der Waals surface area contributed by atoms with Crippen LogP contribution in [0, 0.1) is 0 Å². The number of carbonyl (C=O) groups excluding carboxylic acids is 2. The van der Waals surface area contributed by atoms with Crippen LogP contribution in [0.1, 0.15) is 26.3 Å². The van der Waals surface area contributed by atoms with Gasteiger partial charge in [-0.1, -0.05) is 30.3 Å². The number of carbonyl (C=O) groups is 2. The van der Waals surface area contributed by atoms with Gasteiger partial charge in [0.15, 0.2) is 5.78 Å². The van der Waals surface area contributed by atoms with Crippen LogP contribution in [0.2, 0.25) is 0 Å². The van der Waals surface area contributed by atoms with Gasteiger partial charge in [-0.2, -0.15) is 0 Å². The van der Waals surface area contributed by atoms with E-state index in [9.17, 15) is 9.59 Å². The number of benzene rings is 1. The highest BCUT2D eigenvalue weighted by Gasteiger charge is 2.23. The van der Waals surface area contributed by atoms with E-state index in [0.29, 0.717) is 6.42 Å². The molecule has 0 saturated carbocycles. The van der Waals surface area contributed by atoms with E-state index in [1.54, 1.807) is 20.8 Å². The number of hydrogen-bond acceptors (Lipinski definition) is 4. The van der Waals surface area contributed by atoms with E-state index in [0.717, 1.165) is 5.56 Å². The first-order valence-electron chi connectivity index (χ1n) is 6.58. The van der Waals surface area contributed by atoms with Crippen molar-refractivity contribution in [2.75, 3.05) is 6.54 Å². The normalized spacial score (nSPS) is 12.6. The summed E-state index contributed by atoms with van der Waals surface area (Å²) in [5, 5.41) is 2.58. The number of ether oxygens (including phenoxy) is 1. The molecule has 0 aliphatic rings. The summed E-state index contributed by atoms with van der Waals surface area (Å²) in [6.07, 6.45) is -0.212. The van der Waals surface area contributed by atoms with Crippen molar-refractivity contribution in [1.82, 2.24) is 5.32 Å². The predicted molar refractivity (Wildman–Crippen MR) is 77.4 cm³/mol. The zero-order valence-corrected chi connectivity index (χ0v) is 12.2. The van der Waals surface area contributed by atoms with E-state index in [4.69, 9.17) is 10.5 Å². The van der Waals surface area contributed by atoms with E-state index in [1.807, 2.05) is 30.3 Å². The quantitative estimate of drug-likeness (QED) is 0.858. The molecule has 1 rings (SSSR count). The average molecular weight is 278 g/mol. The highest BCUT2D eigenvalue weighted by atomic mass is 16.6. The maximum atomic E-state index is 11.8. The molecule has 0 aliphatic heterocycles.